The number of carbonyl (C=O) groups excluding carboxylic acids is 2. The first-order valence-electron chi connectivity index (χ1n) is 14.5. The zero-order valence-corrected chi connectivity index (χ0v) is 26.6. The van der Waals surface area contributed by atoms with Gasteiger partial charge in [0.05, 0.1) is 17.7 Å². The van der Waals surface area contributed by atoms with Crippen molar-refractivity contribution in [2.24, 2.45) is 0 Å². The Balaban J connectivity index is 1.80. The summed E-state index contributed by atoms with van der Waals surface area (Å²) in [5.41, 5.74) is 1.10. The van der Waals surface area contributed by atoms with Crippen LogP contribution in [-0.4, -0.2) is 50.4 Å². The molecule has 0 radical (unpaired) electrons. The quantitative estimate of drug-likeness (QED) is 0.220. The molecule has 1 N–H and O–H groups in total. The number of amides is 2. The first kappa shape index (κ1) is 33.2. The first-order valence-corrected chi connectivity index (χ1v) is 15.9. The topological polar surface area (TPSA) is 96.0 Å². The van der Waals surface area contributed by atoms with E-state index in [1.165, 1.54) is 48.4 Å². The Bertz CT molecular complexity index is 1680. The molecule has 0 aliphatic carbocycles. The fourth-order valence-electron chi connectivity index (χ4n) is 4.80. The fourth-order valence-corrected chi connectivity index (χ4v) is 6.21. The summed E-state index contributed by atoms with van der Waals surface area (Å²) < 4.78 is 48.2. The number of carbonyl (C=O) groups is 2. The molecule has 2 amide bonds. The number of anilines is 1. The van der Waals surface area contributed by atoms with Gasteiger partial charge in [-0.3, -0.25) is 13.9 Å². The van der Waals surface area contributed by atoms with Crippen molar-refractivity contribution in [2.75, 3.05) is 18.0 Å². The highest BCUT2D eigenvalue weighted by molar-refractivity contribution is 7.92. The minimum absolute atomic E-state index is 0.0502. The van der Waals surface area contributed by atoms with Crippen LogP contribution in [0.25, 0.3) is 0 Å². The molecule has 4 rings (SSSR count). The van der Waals surface area contributed by atoms with E-state index in [-0.39, 0.29) is 29.5 Å². The summed E-state index contributed by atoms with van der Waals surface area (Å²) in [4.78, 5) is 29.6. The summed E-state index contributed by atoms with van der Waals surface area (Å²) >= 11 is 0. The molecule has 45 heavy (non-hydrogen) atoms. The lowest BCUT2D eigenvalue weighted by Crippen LogP contribution is -2.56. The maximum Gasteiger partial charge on any atom is 0.264 e. The third-order valence-electron chi connectivity index (χ3n) is 7.01. The highest BCUT2D eigenvalue weighted by Crippen LogP contribution is 2.27. The largest absolute Gasteiger partial charge is 0.497 e. The molecule has 0 aliphatic rings. The monoisotopic (exact) mass is 631 g/mol. The van der Waals surface area contributed by atoms with Gasteiger partial charge in [0.15, 0.2) is 0 Å². The summed E-state index contributed by atoms with van der Waals surface area (Å²) in [6.07, 6.45) is 0.198. The lowest BCUT2D eigenvalue weighted by atomic mass is 10.0. The summed E-state index contributed by atoms with van der Waals surface area (Å²) in [7, 11) is -2.85. The molecule has 10 heteroatoms. The van der Waals surface area contributed by atoms with E-state index in [2.05, 4.69) is 5.32 Å². The number of halogens is 1. The van der Waals surface area contributed by atoms with Crippen molar-refractivity contribution >= 4 is 27.5 Å². The third kappa shape index (κ3) is 8.92. The molecule has 8 nitrogen and oxygen atoms in total. The van der Waals surface area contributed by atoms with Crippen LogP contribution < -0.4 is 14.4 Å². The van der Waals surface area contributed by atoms with Crippen LogP contribution in [0.4, 0.5) is 10.1 Å². The number of hydrogen-bond donors (Lipinski definition) is 1. The number of benzene rings is 4. The second-order valence-electron chi connectivity index (χ2n) is 11.6. The maximum atomic E-state index is 14.4. The smallest absolute Gasteiger partial charge is 0.264 e. The van der Waals surface area contributed by atoms with Gasteiger partial charge in [-0.15, -0.1) is 0 Å². The van der Waals surface area contributed by atoms with Gasteiger partial charge in [-0.05, 0) is 80.4 Å². The van der Waals surface area contributed by atoms with Crippen molar-refractivity contribution in [1.29, 1.82) is 0 Å². The van der Waals surface area contributed by atoms with E-state index in [4.69, 9.17) is 4.74 Å². The molecule has 0 heterocycles. The van der Waals surface area contributed by atoms with Gasteiger partial charge in [-0.1, -0.05) is 60.7 Å². The minimum atomic E-state index is -4.32. The molecule has 0 saturated heterocycles. The number of sulfonamides is 1. The van der Waals surface area contributed by atoms with Gasteiger partial charge in [0.25, 0.3) is 10.0 Å². The predicted octanol–water partition coefficient (Wildman–Crippen LogP) is 5.58. The molecule has 1 unspecified atom stereocenters. The molecule has 0 saturated carbocycles. The second kappa shape index (κ2) is 14.4. The van der Waals surface area contributed by atoms with Crippen LogP contribution >= 0.6 is 0 Å². The van der Waals surface area contributed by atoms with Crippen molar-refractivity contribution < 1.29 is 27.1 Å². The molecule has 236 valence electrons. The molecule has 4 aromatic rings. The van der Waals surface area contributed by atoms with Crippen molar-refractivity contribution in [3.63, 3.8) is 0 Å². The van der Waals surface area contributed by atoms with Crippen LogP contribution in [-0.2, 0) is 32.6 Å². The zero-order chi connectivity index (χ0) is 32.6. The van der Waals surface area contributed by atoms with Crippen LogP contribution in [0.15, 0.2) is 114 Å². The molecule has 0 fully saturated rings. The number of methoxy groups -OCH3 is 1. The Labute approximate surface area is 264 Å². The summed E-state index contributed by atoms with van der Waals surface area (Å²) in [5.74, 6) is -1.08. The first-order chi connectivity index (χ1) is 21.4. The molecular formula is C35H38FN3O5S. The molecular weight excluding hydrogens is 593 g/mol. The van der Waals surface area contributed by atoms with Gasteiger partial charge < -0.3 is 15.0 Å². The van der Waals surface area contributed by atoms with Crippen molar-refractivity contribution in [3.8, 4) is 5.75 Å². The van der Waals surface area contributed by atoms with Crippen LogP contribution in [0.2, 0.25) is 0 Å². The van der Waals surface area contributed by atoms with E-state index in [9.17, 15) is 22.4 Å². The third-order valence-corrected chi connectivity index (χ3v) is 8.79. The maximum absolute atomic E-state index is 14.4. The molecule has 0 spiro atoms. The summed E-state index contributed by atoms with van der Waals surface area (Å²) in [5, 5.41) is 3.00. The molecule has 0 aromatic heterocycles. The van der Waals surface area contributed by atoms with Gasteiger partial charge in [0.1, 0.15) is 24.2 Å². The van der Waals surface area contributed by atoms with Gasteiger partial charge in [0, 0.05) is 18.5 Å². The number of rotatable bonds is 12. The molecule has 0 aliphatic heterocycles. The number of ether oxygens (including phenoxy) is 1. The second-order valence-corrected chi connectivity index (χ2v) is 13.5. The predicted molar refractivity (Wildman–Crippen MR) is 173 cm³/mol. The van der Waals surface area contributed by atoms with E-state index in [1.54, 1.807) is 0 Å². The molecule has 0 bridgehead atoms. The van der Waals surface area contributed by atoms with Crippen LogP contribution in [0.5, 0.6) is 5.75 Å². The van der Waals surface area contributed by atoms with Crippen LogP contribution in [0, 0.1) is 5.82 Å². The average molecular weight is 632 g/mol. The summed E-state index contributed by atoms with van der Waals surface area (Å²) in [6, 6.07) is 28.2. The Kier molecular flexibility index (Phi) is 10.6. The van der Waals surface area contributed by atoms with Crippen LogP contribution in [0.1, 0.15) is 31.9 Å². The van der Waals surface area contributed by atoms with E-state index in [1.807, 2.05) is 81.4 Å². The minimum Gasteiger partial charge on any atom is -0.497 e. The number of hydrogen-bond acceptors (Lipinski definition) is 5. The lowest BCUT2D eigenvalue weighted by Gasteiger charge is -2.35. The number of nitrogens with zero attached hydrogens (tertiary/aromatic N) is 2. The Morgan fingerprint density at radius 2 is 1.38 bits per heavy atom. The SMILES string of the molecule is COc1ccc(S(=O)(=O)N(CC(=O)N(Cc2ccccc2)C(Cc2ccccc2)C(=O)NC(C)(C)C)c2ccc(F)cc2)cc1. The van der Waals surface area contributed by atoms with E-state index >= 15 is 0 Å². The molecule has 4 aromatic carbocycles. The average Bonchev–Trinajstić information content (AvgIpc) is 3.02. The Morgan fingerprint density at radius 1 is 0.822 bits per heavy atom. The van der Waals surface area contributed by atoms with Crippen molar-refractivity contribution in [2.45, 2.75) is 50.2 Å². The highest BCUT2D eigenvalue weighted by Gasteiger charge is 2.35. The van der Waals surface area contributed by atoms with Crippen LogP contribution in [0.3, 0.4) is 0 Å². The van der Waals surface area contributed by atoms with Gasteiger partial charge >= 0.3 is 0 Å². The van der Waals surface area contributed by atoms with Gasteiger partial charge in [0.2, 0.25) is 11.8 Å². The fraction of sp³-hybridized carbons (Fsp3) is 0.257. The van der Waals surface area contributed by atoms with E-state index < -0.39 is 39.9 Å². The van der Waals surface area contributed by atoms with E-state index in [0.29, 0.717) is 5.75 Å². The zero-order valence-electron chi connectivity index (χ0n) is 25.8. The van der Waals surface area contributed by atoms with Gasteiger partial charge in [-0.2, -0.15) is 0 Å². The number of nitrogens with one attached hydrogen (secondary N) is 1. The normalized spacial score (nSPS) is 12.2. The lowest BCUT2D eigenvalue weighted by molar-refractivity contribution is -0.140. The van der Waals surface area contributed by atoms with Crippen molar-refractivity contribution in [3.05, 3.63) is 126 Å². The van der Waals surface area contributed by atoms with Crippen molar-refractivity contribution in [1.82, 2.24) is 10.2 Å². The standard InChI is InChI=1S/C35H38FN3O5S/c1-35(2,3)37-34(41)32(23-26-11-7-5-8-12-26)38(24-27-13-9-6-10-14-27)33(40)25-39(29-17-15-28(36)16-18-29)45(42,43)31-21-19-30(44-4)20-22-31/h5-22,32H,23-25H2,1-4H3,(H,37,41). The van der Waals surface area contributed by atoms with E-state index in [0.717, 1.165) is 27.6 Å². The Morgan fingerprint density at radius 3 is 1.91 bits per heavy atom. The summed E-state index contributed by atoms with van der Waals surface area (Å²) in [6.45, 7) is 4.97. The Hall–Kier alpha value is -4.70. The highest BCUT2D eigenvalue weighted by atomic mass is 32.2. The molecule has 1 atom stereocenters. The van der Waals surface area contributed by atoms with Gasteiger partial charge in [-0.25, -0.2) is 12.8 Å².